The lowest BCUT2D eigenvalue weighted by atomic mass is 10.0. The largest absolute Gasteiger partial charge is 0.493 e. The second kappa shape index (κ2) is 10.1. The summed E-state index contributed by atoms with van der Waals surface area (Å²) >= 11 is 0. The molecule has 2 N–H and O–H groups in total. The minimum absolute atomic E-state index is 0.0285. The predicted octanol–water partition coefficient (Wildman–Crippen LogP) is 2.63. The maximum Gasteiger partial charge on any atom is 0.408 e. The monoisotopic (exact) mass is 389 g/mol. The van der Waals surface area contributed by atoms with Crippen molar-refractivity contribution in [2.24, 2.45) is 0 Å². The number of carboxylic acids is 1. The molecule has 28 heavy (non-hydrogen) atoms. The molecular formula is C20H23NO7. The number of benzene rings is 2. The van der Waals surface area contributed by atoms with Gasteiger partial charge in [0.25, 0.3) is 0 Å². The highest BCUT2D eigenvalue weighted by molar-refractivity contribution is 5.80. The molecule has 2 aromatic rings. The lowest BCUT2D eigenvalue weighted by Crippen LogP contribution is -2.42. The van der Waals surface area contributed by atoms with Crippen LogP contribution in [0.5, 0.6) is 17.2 Å². The van der Waals surface area contributed by atoms with E-state index in [1.54, 1.807) is 24.3 Å². The van der Waals surface area contributed by atoms with Crippen LogP contribution in [0.1, 0.15) is 11.1 Å². The van der Waals surface area contributed by atoms with Crippen LogP contribution in [0.3, 0.4) is 0 Å². The number of methoxy groups -OCH3 is 3. The summed E-state index contributed by atoms with van der Waals surface area (Å²) in [5.74, 6) is -0.0652. The molecule has 0 aliphatic rings. The third-order valence-electron chi connectivity index (χ3n) is 4.01. The quantitative estimate of drug-likeness (QED) is 0.679. The fourth-order valence-corrected chi connectivity index (χ4v) is 2.65. The Bertz CT molecular complexity index is 808. The van der Waals surface area contributed by atoms with E-state index in [1.165, 1.54) is 21.3 Å². The summed E-state index contributed by atoms with van der Waals surface area (Å²) in [6.45, 7) is 0.0404. The molecule has 0 aliphatic carbocycles. The van der Waals surface area contributed by atoms with Crippen LogP contribution in [-0.4, -0.2) is 44.5 Å². The van der Waals surface area contributed by atoms with Gasteiger partial charge in [-0.25, -0.2) is 9.59 Å². The van der Waals surface area contributed by atoms with Crippen molar-refractivity contribution in [3.8, 4) is 17.2 Å². The predicted molar refractivity (Wildman–Crippen MR) is 101 cm³/mol. The van der Waals surface area contributed by atoms with Crippen LogP contribution >= 0.6 is 0 Å². The molecule has 2 rings (SSSR count). The van der Waals surface area contributed by atoms with Crippen molar-refractivity contribution in [3.63, 3.8) is 0 Å². The maximum atomic E-state index is 12.0. The van der Waals surface area contributed by atoms with Gasteiger partial charge in [-0.2, -0.15) is 0 Å². The van der Waals surface area contributed by atoms with Crippen molar-refractivity contribution in [1.29, 1.82) is 0 Å². The lowest BCUT2D eigenvalue weighted by molar-refractivity contribution is -0.139. The third kappa shape index (κ3) is 5.29. The minimum Gasteiger partial charge on any atom is -0.493 e. The molecule has 0 heterocycles. The summed E-state index contributed by atoms with van der Waals surface area (Å²) in [4.78, 5) is 23.7. The maximum absolute atomic E-state index is 12.0. The summed E-state index contributed by atoms with van der Waals surface area (Å²) in [6, 6.07) is 11.2. The Hall–Kier alpha value is -3.42. The van der Waals surface area contributed by atoms with E-state index in [4.69, 9.17) is 18.9 Å². The van der Waals surface area contributed by atoms with E-state index in [-0.39, 0.29) is 13.0 Å². The molecule has 0 aliphatic heterocycles. The zero-order valence-corrected chi connectivity index (χ0v) is 15.9. The Morgan fingerprint density at radius 2 is 1.64 bits per heavy atom. The highest BCUT2D eigenvalue weighted by Gasteiger charge is 2.25. The molecule has 1 unspecified atom stereocenters. The molecule has 1 atom stereocenters. The van der Waals surface area contributed by atoms with Crippen molar-refractivity contribution >= 4 is 12.1 Å². The van der Waals surface area contributed by atoms with Gasteiger partial charge in [0.2, 0.25) is 5.75 Å². The zero-order chi connectivity index (χ0) is 20.5. The normalized spacial score (nSPS) is 11.2. The van der Waals surface area contributed by atoms with E-state index in [2.05, 4.69) is 5.32 Å². The Morgan fingerprint density at radius 1 is 0.964 bits per heavy atom. The third-order valence-corrected chi connectivity index (χ3v) is 4.01. The molecular weight excluding hydrogens is 366 g/mol. The van der Waals surface area contributed by atoms with Crippen LogP contribution < -0.4 is 19.5 Å². The van der Waals surface area contributed by atoms with Crippen LogP contribution in [0.4, 0.5) is 4.79 Å². The fraction of sp³-hybridized carbons (Fsp3) is 0.300. The van der Waals surface area contributed by atoms with E-state index in [0.717, 1.165) is 5.56 Å². The number of amides is 1. The first-order chi connectivity index (χ1) is 13.5. The molecule has 0 radical (unpaired) electrons. The van der Waals surface area contributed by atoms with Gasteiger partial charge in [0.15, 0.2) is 11.5 Å². The Labute approximate surface area is 163 Å². The van der Waals surface area contributed by atoms with Gasteiger partial charge in [0, 0.05) is 12.0 Å². The second-order valence-corrected chi connectivity index (χ2v) is 5.79. The number of aliphatic carboxylic acids is 1. The number of nitrogens with one attached hydrogen (secondary N) is 1. The van der Waals surface area contributed by atoms with E-state index in [0.29, 0.717) is 22.8 Å². The number of carbonyl (C=O) groups excluding carboxylic acids is 1. The van der Waals surface area contributed by atoms with Crippen LogP contribution in [0, 0.1) is 0 Å². The Morgan fingerprint density at radius 3 is 2.21 bits per heavy atom. The summed E-state index contributed by atoms with van der Waals surface area (Å²) in [5.41, 5.74) is 1.34. The molecule has 1 amide bonds. The van der Waals surface area contributed by atoms with Gasteiger partial charge in [-0.15, -0.1) is 0 Å². The molecule has 8 nitrogen and oxygen atoms in total. The zero-order valence-electron chi connectivity index (χ0n) is 15.9. The summed E-state index contributed by atoms with van der Waals surface area (Å²) in [5, 5.41) is 11.9. The number of hydrogen-bond acceptors (Lipinski definition) is 6. The van der Waals surface area contributed by atoms with Crippen molar-refractivity contribution in [3.05, 3.63) is 53.6 Å². The molecule has 0 fully saturated rings. The van der Waals surface area contributed by atoms with Crippen LogP contribution in [0.25, 0.3) is 0 Å². The molecule has 2 aromatic carbocycles. The van der Waals surface area contributed by atoms with Gasteiger partial charge >= 0.3 is 12.1 Å². The average Bonchev–Trinajstić information content (AvgIpc) is 2.71. The Balaban J connectivity index is 2.10. The number of carbonyl (C=O) groups is 2. The van der Waals surface area contributed by atoms with Crippen LogP contribution in [0.2, 0.25) is 0 Å². The van der Waals surface area contributed by atoms with Crippen LogP contribution in [0.15, 0.2) is 42.5 Å². The number of ether oxygens (including phenoxy) is 4. The summed E-state index contributed by atoms with van der Waals surface area (Å²) < 4.78 is 21.0. The van der Waals surface area contributed by atoms with Gasteiger partial charge in [-0.05, 0) is 11.6 Å². The molecule has 0 saturated heterocycles. The fourth-order valence-electron chi connectivity index (χ4n) is 2.65. The highest BCUT2D eigenvalue weighted by Crippen LogP contribution is 2.40. The highest BCUT2D eigenvalue weighted by atomic mass is 16.5. The smallest absolute Gasteiger partial charge is 0.408 e. The summed E-state index contributed by atoms with van der Waals surface area (Å²) in [7, 11) is 4.39. The van der Waals surface area contributed by atoms with Gasteiger partial charge in [0.05, 0.1) is 21.3 Å². The minimum atomic E-state index is -1.21. The standard InChI is InChI=1S/C20H23NO7/c1-25-16-10-9-14(17(26-2)18(16)27-3)11-15(19(22)23)21-20(24)28-12-13-7-5-4-6-8-13/h4-10,15H,11-12H2,1-3H3,(H,21,24)(H,22,23). The van der Waals surface area contributed by atoms with E-state index in [9.17, 15) is 14.7 Å². The van der Waals surface area contributed by atoms with E-state index < -0.39 is 18.1 Å². The van der Waals surface area contributed by atoms with E-state index >= 15 is 0 Å². The SMILES string of the molecule is COc1ccc(CC(NC(=O)OCc2ccccc2)C(=O)O)c(OC)c1OC. The number of hydrogen-bond donors (Lipinski definition) is 2. The van der Waals surface area contributed by atoms with Crippen molar-refractivity contribution in [2.45, 2.75) is 19.1 Å². The number of alkyl carbamates (subject to hydrolysis) is 1. The first kappa shape index (κ1) is 20.9. The van der Waals surface area contributed by atoms with Crippen LogP contribution in [-0.2, 0) is 22.6 Å². The number of carboxylic acid groups (broad SMARTS) is 1. The van der Waals surface area contributed by atoms with Gasteiger partial charge in [-0.3, -0.25) is 0 Å². The average molecular weight is 389 g/mol. The topological polar surface area (TPSA) is 103 Å². The van der Waals surface area contributed by atoms with E-state index in [1.807, 2.05) is 18.2 Å². The molecule has 150 valence electrons. The first-order valence-electron chi connectivity index (χ1n) is 8.48. The van der Waals surface area contributed by atoms with Crippen molar-refractivity contribution in [2.75, 3.05) is 21.3 Å². The molecule has 0 bridgehead atoms. The van der Waals surface area contributed by atoms with Gasteiger partial charge < -0.3 is 29.4 Å². The second-order valence-electron chi connectivity index (χ2n) is 5.79. The molecule has 0 spiro atoms. The molecule has 0 aromatic heterocycles. The Kier molecular flexibility index (Phi) is 7.50. The van der Waals surface area contributed by atoms with Gasteiger partial charge in [0.1, 0.15) is 12.6 Å². The van der Waals surface area contributed by atoms with Gasteiger partial charge in [-0.1, -0.05) is 36.4 Å². The number of rotatable bonds is 9. The van der Waals surface area contributed by atoms with Crippen molar-refractivity contribution in [1.82, 2.24) is 5.32 Å². The molecule has 8 heteroatoms. The lowest BCUT2D eigenvalue weighted by Gasteiger charge is -2.19. The first-order valence-corrected chi connectivity index (χ1v) is 8.48. The van der Waals surface area contributed by atoms with Crippen molar-refractivity contribution < 1.29 is 33.6 Å². The molecule has 0 saturated carbocycles. The summed E-state index contributed by atoms with van der Waals surface area (Å²) in [6.07, 6.45) is -0.852.